The van der Waals surface area contributed by atoms with Crippen LogP contribution in [0.15, 0.2) is 238 Å². The van der Waals surface area contributed by atoms with Crippen molar-refractivity contribution in [2.75, 3.05) is 39.3 Å². The fourth-order valence-corrected chi connectivity index (χ4v) is 16.4. The summed E-state index contributed by atoms with van der Waals surface area (Å²) < 4.78 is 159. The van der Waals surface area contributed by atoms with E-state index in [1.807, 2.05) is 80.3 Å². The minimum atomic E-state index is -1.48. The van der Waals surface area contributed by atoms with Gasteiger partial charge in [0.25, 0.3) is 0 Å². The van der Waals surface area contributed by atoms with Crippen molar-refractivity contribution in [3.05, 3.63) is 391 Å². The van der Waals surface area contributed by atoms with Gasteiger partial charge in [0.15, 0.2) is 40.7 Å². The maximum Gasteiger partial charge on any atom is 0.223 e. The van der Waals surface area contributed by atoms with E-state index in [1.165, 1.54) is 48.5 Å². The number of carbonyl (C=O) groups is 6. The summed E-state index contributed by atoms with van der Waals surface area (Å²) in [6.45, 7) is 11.9. The average Bonchev–Trinajstić information content (AvgIpc) is 1.73. The summed E-state index contributed by atoms with van der Waals surface area (Å²) in [5.74, 6) is -10.6. The molecule has 6 aromatic heterocycles. The van der Waals surface area contributed by atoms with Gasteiger partial charge in [0, 0.05) is 239 Å². The van der Waals surface area contributed by atoms with E-state index in [0.29, 0.717) is 126 Å². The Morgan fingerprint density at radius 1 is 0.240 bits per heavy atom. The minimum absolute atomic E-state index is 0.00137. The molecule has 0 saturated carbocycles. The summed E-state index contributed by atoms with van der Waals surface area (Å²) >= 11 is 0. The van der Waals surface area contributed by atoms with Crippen LogP contribution in [0.3, 0.4) is 0 Å². The Bertz CT molecular complexity index is 5910. The molecule has 0 bridgehead atoms. The molecule has 6 aliphatic heterocycles. The lowest BCUT2D eigenvalue weighted by Crippen LogP contribution is -2.24. The predicted octanol–water partition coefficient (Wildman–Crippen LogP) is 18.2. The molecule has 18 nitrogen and oxygen atoms in total. The lowest BCUT2D eigenvalue weighted by molar-refractivity contribution is -0.129. The Morgan fingerprint density at radius 3 is 0.760 bits per heavy atom. The molecular weight excluding hydrogens is 1680 g/mol. The molecule has 0 spiro atoms. The largest absolute Gasteiger partial charge is 0.338 e. The average molecular weight is 1770 g/mol. The van der Waals surface area contributed by atoms with Crippen LogP contribution >= 0.6 is 0 Å². The highest BCUT2D eigenvalue weighted by Crippen LogP contribution is 2.38. The van der Waals surface area contributed by atoms with Crippen molar-refractivity contribution < 1.29 is 81.5 Å². The molecule has 666 valence electrons. The number of benzene rings is 6. The highest BCUT2D eigenvalue weighted by Gasteiger charge is 2.38. The number of hydrogen-bond acceptors (Lipinski definition) is 12. The van der Waals surface area contributed by atoms with Crippen LogP contribution in [-0.2, 0) is 68.0 Å². The molecule has 6 amide bonds. The third-order valence-electron chi connectivity index (χ3n) is 23.5. The molecule has 6 aliphatic rings. The van der Waals surface area contributed by atoms with Crippen LogP contribution < -0.4 is 0 Å². The number of aromatic nitrogens is 6. The van der Waals surface area contributed by atoms with Crippen molar-refractivity contribution in [3.63, 3.8) is 0 Å². The Morgan fingerprint density at radius 2 is 0.481 bits per heavy atom. The number of likely N-dealkylation sites (tertiary alicyclic amines) is 6. The number of aryl methyl sites for hydroxylation is 3. The van der Waals surface area contributed by atoms with Crippen LogP contribution in [0.2, 0.25) is 0 Å². The summed E-state index contributed by atoms with van der Waals surface area (Å²) in [5.41, 5.74) is 12.9. The van der Waals surface area contributed by atoms with Crippen molar-refractivity contribution in [1.29, 1.82) is 0 Å². The van der Waals surface area contributed by atoms with Gasteiger partial charge < -0.3 is 29.4 Å². The SMILES string of the molecule is Cc1cnccc1CN1CC(c2cc(F)c(F)c(F)c2)CC1=O.Cc1cnccc1CN1CC(c2cc(F)cc(F)c2)CC1=O.Cc1cnccc1CN1CC(c2ccc(F)c(F)c2)CC1=O.O=C1CC(c2cc(F)cc(F)c2)CN1Cc1ccncc1.O=C1CC(c2ccc(F)c(F)c2)CN1Cc1ccncc1.O=C1CC(c2ccc(F)cc2)CN1Cc1ccncc1. The monoisotopic (exact) mass is 1770 g/mol. The summed E-state index contributed by atoms with van der Waals surface area (Å²) in [6.07, 6.45) is 22.4. The molecule has 6 saturated heterocycles. The molecule has 129 heavy (non-hydrogen) atoms. The number of halogens is 12. The zero-order valence-corrected chi connectivity index (χ0v) is 70.6. The van der Waals surface area contributed by atoms with Crippen LogP contribution in [0.1, 0.15) is 157 Å². The molecule has 0 radical (unpaired) electrons. The molecular formula is C99H90F12N12O6. The van der Waals surface area contributed by atoms with E-state index in [0.717, 1.165) is 92.0 Å². The molecule has 6 atom stereocenters. The molecule has 6 fully saturated rings. The second kappa shape index (κ2) is 43.1. The maximum atomic E-state index is 13.4. The van der Waals surface area contributed by atoms with Gasteiger partial charge in [-0.05, 0) is 232 Å². The number of pyridine rings is 6. The van der Waals surface area contributed by atoms with Gasteiger partial charge in [0.05, 0.1) is 0 Å². The molecule has 18 rings (SSSR count). The first-order valence-electron chi connectivity index (χ1n) is 41.7. The first kappa shape index (κ1) is 92.9. The van der Waals surface area contributed by atoms with Gasteiger partial charge in [-0.15, -0.1) is 0 Å². The lowest BCUT2D eigenvalue weighted by atomic mass is 9.98. The van der Waals surface area contributed by atoms with Gasteiger partial charge in [-0.1, -0.05) is 24.3 Å². The summed E-state index contributed by atoms with van der Waals surface area (Å²) in [4.78, 5) is 107. The van der Waals surface area contributed by atoms with Crippen molar-refractivity contribution in [2.24, 2.45) is 0 Å². The quantitative estimate of drug-likeness (QED) is 0.0582. The highest BCUT2D eigenvalue weighted by atomic mass is 19.2. The number of nitrogens with zero attached hydrogens (tertiary/aromatic N) is 12. The van der Waals surface area contributed by atoms with Gasteiger partial charge >= 0.3 is 0 Å². The molecule has 12 heterocycles. The molecule has 0 aliphatic carbocycles. The second-order valence-corrected chi connectivity index (χ2v) is 32.6. The van der Waals surface area contributed by atoms with E-state index in [2.05, 4.69) is 29.9 Å². The van der Waals surface area contributed by atoms with E-state index in [9.17, 15) is 81.5 Å². The number of amides is 6. The second-order valence-electron chi connectivity index (χ2n) is 32.6. The number of carbonyl (C=O) groups excluding carboxylic acids is 6. The topological polar surface area (TPSA) is 199 Å². The van der Waals surface area contributed by atoms with E-state index in [-0.39, 0.29) is 96.0 Å². The normalized spacial score (nSPS) is 18.2. The molecule has 12 aromatic rings. The van der Waals surface area contributed by atoms with Crippen LogP contribution in [0, 0.1) is 90.6 Å². The molecule has 0 N–H and O–H groups in total. The summed E-state index contributed by atoms with van der Waals surface area (Å²) in [6, 6.07) is 39.9. The standard InChI is InChI=1S/C17H15F3N2O.2C17H16F2N2O.2C16H14F2N2O.C16H15FN2O/c1-10-7-21-3-2-11(10)8-22-9-13(6-16(22)23)12-4-14(18)17(20)15(19)5-12;1-11-8-20-3-2-12(11)9-21-10-14(6-17(21)22)13-4-15(18)7-16(19)5-13;1-11-8-20-5-4-13(11)9-21-10-14(7-17(21)22)12-2-3-15(18)16(19)6-12;17-14-5-12(6-15(18)8-14)13-7-16(21)20(10-13)9-11-1-3-19-4-2-11;17-14-2-1-12(7-15(14)18)13-8-16(21)20(10-13)9-11-3-5-19-6-4-11;17-15-3-1-13(2-4-15)14-9-16(20)19(11-14)10-12-5-7-18-8-6-12/h2-5,7,13H,6,8-9H2,1H3;2-5,7-8,14H,6,9-10H2,1H3;2-6,8,14H,7,9-10H2,1H3;1-6,8,13H,7,9-10H2;1-7,13H,8-10H2;1-8,14H,9-11H2. The third kappa shape index (κ3) is 25.1. The molecule has 6 unspecified atom stereocenters. The number of rotatable bonds is 18. The van der Waals surface area contributed by atoms with E-state index >= 15 is 0 Å². The Hall–Kier alpha value is -13.8. The van der Waals surface area contributed by atoms with Crippen LogP contribution in [0.4, 0.5) is 52.7 Å². The van der Waals surface area contributed by atoms with E-state index < -0.39 is 64.0 Å². The van der Waals surface area contributed by atoms with Crippen molar-refractivity contribution in [1.82, 2.24) is 59.3 Å². The predicted molar refractivity (Wildman–Crippen MR) is 454 cm³/mol. The van der Waals surface area contributed by atoms with Crippen molar-refractivity contribution >= 4 is 35.4 Å². The maximum absolute atomic E-state index is 13.4. The van der Waals surface area contributed by atoms with Crippen molar-refractivity contribution in [3.8, 4) is 0 Å². The summed E-state index contributed by atoms with van der Waals surface area (Å²) in [5, 5.41) is 0. The first-order valence-corrected chi connectivity index (χ1v) is 41.7. The number of hydrogen-bond donors (Lipinski definition) is 0. The van der Waals surface area contributed by atoms with Gasteiger partial charge in [-0.3, -0.25) is 58.7 Å². The Labute approximate surface area is 737 Å². The zero-order chi connectivity index (χ0) is 91.5. The lowest BCUT2D eigenvalue weighted by Gasteiger charge is -2.18. The highest BCUT2D eigenvalue weighted by molar-refractivity contribution is 5.83. The van der Waals surface area contributed by atoms with Gasteiger partial charge in [0.1, 0.15) is 29.1 Å². The first-order chi connectivity index (χ1) is 62.0. The molecule has 30 heteroatoms. The fraction of sp³-hybridized carbons (Fsp3) is 0.273. The third-order valence-corrected chi connectivity index (χ3v) is 23.5. The van der Waals surface area contributed by atoms with Crippen LogP contribution in [0.5, 0.6) is 0 Å². The smallest absolute Gasteiger partial charge is 0.223 e. The summed E-state index contributed by atoms with van der Waals surface area (Å²) in [7, 11) is 0. The van der Waals surface area contributed by atoms with E-state index in [4.69, 9.17) is 0 Å². The van der Waals surface area contributed by atoms with Crippen LogP contribution in [0.25, 0.3) is 0 Å². The van der Waals surface area contributed by atoms with Crippen LogP contribution in [-0.4, -0.2) is 134 Å². The van der Waals surface area contributed by atoms with Gasteiger partial charge in [-0.25, -0.2) is 52.7 Å². The zero-order valence-electron chi connectivity index (χ0n) is 70.6. The van der Waals surface area contributed by atoms with E-state index in [1.54, 1.807) is 123 Å². The van der Waals surface area contributed by atoms with Gasteiger partial charge in [-0.2, -0.15) is 0 Å². The minimum Gasteiger partial charge on any atom is -0.338 e. The fourth-order valence-electron chi connectivity index (χ4n) is 16.4. The van der Waals surface area contributed by atoms with Gasteiger partial charge in [0.2, 0.25) is 35.4 Å². The Kier molecular flexibility index (Phi) is 31.0. The molecule has 6 aromatic carbocycles. The van der Waals surface area contributed by atoms with Crippen molar-refractivity contribution in [2.45, 2.75) is 134 Å². The Balaban J connectivity index is 0.000000132.